The van der Waals surface area contributed by atoms with Gasteiger partial charge in [0, 0.05) is 23.4 Å². The Labute approximate surface area is 117 Å². The van der Waals surface area contributed by atoms with Crippen LogP contribution in [-0.2, 0) is 0 Å². The first-order valence-corrected chi connectivity index (χ1v) is 6.28. The molecule has 0 heterocycles. The van der Waals surface area contributed by atoms with Gasteiger partial charge in [-0.1, -0.05) is 12.1 Å². The van der Waals surface area contributed by atoms with E-state index >= 15 is 0 Å². The largest absolute Gasteiger partial charge is 0.508 e. The van der Waals surface area contributed by atoms with Gasteiger partial charge in [-0.05, 0) is 37.6 Å². The smallest absolute Gasteiger partial charge is 0.269 e. The van der Waals surface area contributed by atoms with Gasteiger partial charge in [0.2, 0.25) is 0 Å². The van der Waals surface area contributed by atoms with Crippen molar-refractivity contribution in [3.8, 4) is 5.75 Å². The van der Waals surface area contributed by atoms with Crippen LogP contribution in [0.2, 0.25) is 0 Å². The molecule has 1 unspecified atom stereocenters. The Morgan fingerprint density at radius 1 is 1.20 bits per heavy atom. The highest BCUT2D eigenvalue weighted by Crippen LogP contribution is 2.28. The van der Waals surface area contributed by atoms with Gasteiger partial charge < -0.3 is 10.4 Å². The highest BCUT2D eigenvalue weighted by molar-refractivity contribution is 5.51. The summed E-state index contributed by atoms with van der Waals surface area (Å²) in [5.41, 5.74) is 2.60. The van der Waals surface area contributed by atoms with Gasteiger partial charge in [-0.25, -0.2) is 0 Å². The van der Waals surface area contributed by atoms with Crippen LogP contribution in [0.3, 0.4) is 0 Å². The lowest BCUT2D eigenvalue weighted by molar-refractivity contribution is -0.384. The number of nitro groups is 1. The molecule has 104 valence electrons. The van der Waals surface area contributed by atoms with Crippen molar-refractivity contribution >= 4 is 11.4 Å². The summed E-state index contributed by atoms with van der Waals surface area (Å²) in [5, 5.41) is 23.7. The molecule has 0 radical (unpaired) electrons. The van der Waals surface area contributed by atoms with Crippen LogP contribution in [0, 0.1) is 17.0 Å². The van der Waals surface area contributed by atoms with Gasteiger partial charge in [0.05, 0.1) is 11.0 Å². The van der Waals surface area contributed by atoms with E-state index in [4.69, 9.17) is 0 Å². The zero-order valence-corrected chi connectivity index (χ0v) is 11.3. The minimum absolute atomic E-state index is 0.0568. The summed E-state index contributed by atoms with van der Waals surface area (Å²) < 4.78 is 0. The molecule has 0 aliphatic rings. The third-order valence-corrected chi connectivity index (χ3v) is 3.11. The lowest BCUT2D eigenvalue weighted by Crippen LogP contribution is -2.06. The maximum atomic E-state index is 10.6. The first kappa shape index (κ1) is 13.9. The SMILES string of the molecule is Cc1ccc(C(C)Nc2ccc([N+](=O)[O-])cc2)c(O)c1. The van der Waals surface area contributed by atoms with Gasteiger partial charge in [-0.15, -0.1) is 0 Å². The Morgan fingerprint density at radius 3 is 2.40 bits per heavy atom. The van der Waals surface area contributed by atoms with E-state index in [2.05, 4.69) is 5.32 Å². The number of nitrogens with one attached hydrogen (secondary N) is 1. The minimum atomic E-state index is -0.432. The molecule has 2 N–H and O–H groups in total. The van der Waals surface area contributed by atoms with Crippen LogP contribution >= 0.6 is 0 Å². The maximum absolute atomic E-state index is 10.6. The second-order valence-electron chi connectivity index (χ2n) is 4.73. The molecule has 0 aliphatic carbocycles. The van der Waals surface area contributed by atoms with Gasteiger partial charge in [0.15, 0.2) is 0 Å². The van der Waals surface area contributed by atoms with Crippen molar-refractivity contribution in [2.45, 2.75) is 19.9 Å². The summed E-state index contributed by atoms with van der Waals surface area (Å²) in [6, 6.07) is 11.6. The monoisotopic (exact) mass is 272 g/mol. The lowest BCUT2D eigenvalue weighted by Gasteiger charge is -2.17. The van der Waals surface area contributed by atoms with Crippen LogP contribution in [0.15, 0.2) is 42.5 Å². The Bertz CT molecular complexity index is 624. The number of hydrogen-bond acceptors (Lipinski definition) is 4. The number of rotatable bonds is 4. The van der Waals surface area contributed by atoms with Crippen molar-refractivity contribution in [2.24, 2.45) is 0 Å². The average molecular weight is 272 g/mol. The van der Waals surface area contributed by atoms with Crippen molar-refractivity contribution in [1.29, 1.82) is 0 Å². The molecule has 0 aromatic heterocycles. The fraction of sp³-hybridized carbons (Fsp3) is 0.200. The fourth-order valence-corrected chi connectivity index (χ4v) is 2.03. The van der Waals surface area contributed by atoms with Crippen molar-refractivity contribution in [2.75, 3.05) is 5.32 Å². The number of hydrogen-bond donors (Lipinski definition) is 2. The summed E-state index contributed by atoms with van der Waals surface area (Å²) in [5.74, 6) is 0.243. The van der Waals surface area contributed by atoms with E-state index in [0.29, 0.717) is 0 Å². The maximum Gasteiger partial charge on any atom is 0.269 e. The number of benzene rings is 2. The topological polar surface area (TPSA) is 75.4 Å². The average Bonchev–Trinajstić information content (AvgIpc) is 2.39. The third kappa shape index (κ3) is 3.06. The first-order chi connectivity index (χ1) is 9.47. The van der Waals surface area contributed by atoms with E-state index in [1.165, 1.54) is 12.1 Å². The number of aromatic hydroxyl groups is 1. The van der Waals surface area contributed by atoms with E-state index in [-0.39, 0.29) is 17.5 Å². The predicted octanol–water partition coefficient (Wildman–Crippen LogP) is 3.78. The molecule has 0 fully saturated rings. The highest BCUT2D eigenvalue weighted by Gasteiger charge is 2.11. The molecule has 2 rings (SSSR count). The molecule has 0 saturated carbocycles. The number of nitro benzene ring substituents is 1. The molecule has 0 spiro atoms. The van der Waals surface area contributed by atoms with Crippen molar-refractivity contribution in [3.05, 3.63) is 63.7 Å². The molecule has 5 heteroatoms. The molecule has 0 bridgehead atoms. The van der Waals surface area contributed by atoms with E-state index in [1.807, 2.05) is 26.0 Å². The van der Waals surface area contributed by atoms with E-state index in [1.54, 1.807) is 18.2 Å². The Hall–Kier alpha value is -2.56. The molecule has 5 nitrogen and oxygen atoms in total. The van der Waals surface area contributed by atoms with Crippen LogP contribution in [0.4, 0.5) is 11.4 Å². The molecule has 20 heavy (non-hydrogen) atoms. The van der Waals surface area contributed by atoms with Crippen molar-refractivity contribution in [3.63, 3.8) is 0 Å². The quantitative estimate of drug-likeness (QED) is 0.656. The van der Waals surface area contributed by atoms with Gasteiger partial charge in [0.25, 0.3) is 5.69 Å². The molecule has 0 aliphatic heterocycles. The summed E-state index contributed by atoms with van der Waals surface area (Å²) in [7, 11) is 0. The summed E-state index contributed by atoms with van der Waals surface area (Å²) in [6.45, 7) is 3.84. The Morgan fingerprint density at radius 2 is 1.85 bits per heavy atom. The number of nitrogens with zero attached hydrogens (tertiary/aromatic N) is 1. The summed E-state index contributed by atoms with van der Waals surface area (Å²) in [6.07, 6.45) is 0. The normalized spacial score (nSPS) is 11.9. The summed E-state index contributed by atoms with van der Waals surface area (Å²) in [4.78, 5) is 10.2. The number of phenols is 1. The van der Waals surface area contributed by atoms with Gasteiger partial charge >= 0.3 is 0 Å². The van der Waals surface area contributed by atoms with Crippen molar-refractivity contribution < 1.29 is 10.0 Å². The molecule has 2 aromatic carbocycles. The Kier molecular flexibility index (Phi) is 3.89. The Balaban J connectivity index is 2.14. The van der Waals surface area contributed by atoms with E-state index in [9.17, 15) is 15.2 Å². The van der Waals surface area contributed by atoms with Crippen LogP contribution in [0.25, 0.3) is 0 Å². The molecule has 0 saturated heterocycles. The van der Waals surface area contributed by atoms with E-state index < -0.39 is 4.92 Å². The molecule has 0 amide bonds. The van der Waals surface area contributed by atoms with Crippen molar-refractivity contribution in [1.82, 2.24) is 0 Å². The lowest BCUT2D eigenvalue weighted by atomic mass is 10.0. The van der Waals surface area contributed by atoms with Gasteiger partial charge in [-0.2, -0.15) is 0 Å². The highest BCUT2D eigenvalue weighted by atomic mass is 16.6. The first-order valence-electron chi connectivity index (χ1n) is 6.28. The van der Waals surface area contributed by atoms with Crippen LogP contribution in [0.1, 0.15) is 24.1 Å². The fourth-order valence-electron chi connectivity index (χ4n) is 2.03. The second kappa shape index (κ2) is 5.61. The third-order valence-electron chi connectivity index (χ3n) is 3.11. The summed E-state index contributed by atoms with van der Waals surface area (Å²) >= 11 is 0. The van der Waals surface area contributed by atoms with Gasteiger partial charge in [0.1, 0.15) is 5.75 Å². The number of non-ortho nitro benzene ring substituents is 1. The number of aryl methyl sites for hydroxylation is 1. The van der Waals surface area contributed by atoms with E-state index in [0.717, 1.165) is 16.8 Å². The number of phenolic OH excluding ortho intramolecular Hbond substituents is 1. The number of anilines is 1. The molecular formula is C15H16N2O3. The van der Waals surface area contributed by atoms with Crippen LogP contribution < -0.4 is 5.32 Å². The van der Waals surface area contributed by atoms with Crippen LogP contribution in [0.5, 0.6) is 5.75 Å². The standard InChI is InChI=1S/C15H16N2O3/c1-10-3-8-14(15(18)9-10)11(2)16-12-4-6-13(7-5-12)17(19)20/h3-9,11,16,18H,1-2H3. The predicted molar refractivity (Wildman–Crippen MR) is 78.0 cm³/mol. The minimum Gasteiger partial charge on any atom is -0.508 e. The van der Waals surface area contributed by atoms with Crippen LogP contribution in [-0.4, -0.2) is 10.0 Å². The molecular weight excluding hydrogens is 256 g/mol. The molecule has 2 aromatic rings. The van der Waals surface area contributed by atoms with Gasteiger partial charge in [-0.3, -0.25) is 10.1 Å². The zero-order valence-electron chi connectivity index (χ0n) is 11.3. The zero-order chi connectivity index (χ0) is 14.7. The second-order valence-corrected chi connectivity index (χ2v) is 4.73. The molecule has 1 atom stereocenters.